The van der Waals surface area contributed by atoms with Gasteiger partial charge in [-0.3, -0.25) is 14.5 Å². The quantitative estimate of drug-likeness (QED) is 0.682. The molecule has 3 rings (SSSR count). The number of rotatable bonds is 2. The summed E-state index contributed by atoms with van der Waals surface area (Å²) >= 11 is 1.61. The summed E-state index contributed by atoms with van der Waals surface area (Å²) in [7, 11) is 0. The first-order valence-electron chi connectivity index (χ1n) is 6.29. The van der Waals surface area contributed by atoms with Crippen LogP contribution in [0.4, 0.5) is 5.69 Å². The van der Waals surface area contributed by atoms with E-state index < -0.39 is 0 Å². The Labute approximate surface area is 120 Å². The SMILES string of the molecule is Cc1cc(CN2C(=O)c3cccc(N)c3C2=O)sc1C. The number of imide groups is 1. The average molecular weight is 286 g/mol. The molecule has 0 fully saturated rings. The number of anilines is 1. The lowest BCUT2D eigenvalue weighted by atomic mass is 10.1. The standard InChI is InChI=1S/C15H14N2O2S/c1-8-6-10(20-9(8)2)7-17-14(18)11-4-3-5-12(16)13(11)15(17)19/h3-6H,7,16H2,1-2H3. The van der Waals surface area contributed by atoms with Crippen LogP contribution in [0.3, 0.4) is 0 Å². The van der Waals surface area contributed by atoms with Gasteiger partial charge < -0.3 is 5.73 Å². The fourth-order valence-electron chi connectivity index (χ4n) is 2.39. The van der Waals surface area contributed by atoms with Crippen molar-refractivity contribution in [3.63, 3.8) is 0 Å². The highest BCUT2D eigenvalue weighted by molar-refractivity contribution is 7.12. The van der Waals surface area contributed by atoms with E-state index in [1.54, 1.807) is 29.5 Å². The van der Waals surface area contributed by atoms with Gasteiger partial charge >= 0.3 is 0 Å². The summed E-state index contributed by atoms with van der Waals surface area (Å²) in [5.74, 6) is -0.562. The van der Waals surface area contributed by atoms with E-state index in [0.717, 1.165) is 4.88 Å². The molecule has 0 saturated carbocycles. The molecule has 0 atom stereocenters. The Bertz CT molecular complexity index is 714. The van der Waals surface area contributed by atoms with Crippen molar-refractivity contribution in [2.24, 2.45) is 0 Å². The van der Waals surface area contributed by atoms with Crippen LogP contribution in [0.1, 0.15) is 36.0 Å². The van der Waals surface area contributed by atoms with Crippen molar-refractivity contribution >= 4 is 28.8 Å². The molecule has 2 aromatic rings. The smallest absolute Gasteiger partial charge is 0.263 e. The molecule has 0 radical (unpaired) electrons. The van der Waals surface area contributed by atoms with E-state index in [-0.39, 0.29) is 11.8 Å². The molecular formula is C15H14N2O2S. The number of nitrogens with two attached hydrogens (primary N) is 1. The fraction of sp³-hybridized carbons (Fsp3) is 0.200. The van der Waals surface area contributed by atoms with Crippen molar-refractivity contribution in [1.82, 2.24) is 4.90 Å². The summed E-state index contributed by atoms with van der Waals surface area (Å²) in [5, 5.41) is 0. The highest BCUT2D eigenvalue weighted by Crippen LogP contribution is 2.30. The molecule has 102 valence electrons. The minimum Gasteiger partial charge on any atom is -0.398 e. The number of hydrogen-bond acceptors (Lipinski definition) is 4. The number of benzene rings is 1. The molecule has 0 aliphatic carbocycles. The topological polar surface area (TPSA) is 63.4 Å². The van der Waals surface area contributed by atoms with Crippen LogP contribution in [0.2, 0.25) is 0 Å². The van der Waals surface area contributed by atoms with E-state index in [0.29, 0.717) is 23.4 Å². The first kappa shape index (κ1) is 12.9. The van der Waals surface area contributed by atoms with Gasteiger partial charge in [0.1, 0.15) is 0 Å². The highest BCUT2D eigenvalue weighted by Gasteiger charge is 2.37. The van der Waals surface area contributed by atoms with Crippen molar-refractivity contribution in [3.05, 3.63) is 50.7 Å². The summed E-state index contributed by atoms with van der Waals surface area (Å²) < 4.78 is 0. The third kappa shape index (κ3) is 1.82. The lowest BCUT2D eigenvalue weighted by molar-refractivity contribution is 0.0644. The third-order valence-electron chi connectivity index (χ3n) is 3.56. The zero-order valence-corrected chi connectivity index (χ0v) is 12.1. The number of nitrogen functional groups attached to an aromatic ring is 1. The number of nitrogens with zero attached hydrogens (tertiary/aromatic N) is 1. The van der Waals surface area contributed by atoms with Crippen LogP contribution in [0.5, 0.6) is 0 Å². The van der Waals surface area contributed by atoms with Crippen LogP contribution in [-0.4, -0.2) is 16.7 Å². The number of amides is 2. The summed E-state index contributed by atoms with van der Waals surface area (Å²) in [5.41, 5.74) is 8.09. The van der Waals surface area contributed by atoms with Crippen LogP contribution in [0, 0.1) is 13.8 Å². The molecule has 1 aromatic carbocycles. The molecule has 0 saturated heterocycles. The molecule has 0 unspecified atom stereocenters. The number of hydrogen-bond donors (Lipinski definition) is 1. The zero-order chi connectivity index (χ0) is 14.4. The monoisotopic (exact) mass is 286 g/mol. The second-order valence-electron chi connectivity index (χ2n) is 4.92. The molecule has 1 aliphatic heterocycles. The minimum atomic E-state index is -0.299. The van der Waals surface area contributed by atoms with Gasteiger partial charge in [0.25, 0.3) is 11.8 Å². The summed E-state index contributed by atoms with van der Waals surface area (Å²) in [4.78, 5) is 28.1. The Balaban J connectivity index is 1.96. The van der Waals surface area contributed by atoms with Crippen molar-refractivity contribution in [2.75, 3.05) is 5.73 Å². The first-order valence-corrected chi connectivity index (χ1v) is 7.11. The van der Waals surface area contributed by atoms with Crippen LogP contribution < -0.4 is 5.73 Å². The highest BCUT2D eigenvalue weighted by atomic mass is 32.1. The van der Waals surface area contributed by atoms with Crippen molar-refractivity contribution in [3.8, 4) is 0 Å². The maximum atomic E-state index is 12.4. The van der Waals surface area contributed by atoms with E-state index in [9.17, 15) is 9.59 Å². The normalized spacial score (nSPS) is 14.0. The Morgan fingerprint density at radius 2 is 1.95 bits per heavy atom. The molecule has 20 heavy (non-hydrogen) atoms. The first-order chi connectivity index (χ1) is 9.49. The van der Waals surface area contributed by atoms with Gasteiger partial charge in [-0.25, -0.2) is 0 Å². The molecule has 2 heterocycles. The number of carbonyl (C=O) groups excluding carboxylic acids is 2. The lowest BCUT2D eigenvalue weighted by Crippen LogP contribution is -2.28. The number of fused-ring (bicyclic) bond motifs is 1. The summed E-state index contributed by atoms with van der Waals surface area (Å²) in [6, 6.07) is 7.01. The molecule has 1 aliphatic rings. The van der Waals surface area contributed by atoms with Crippen LogP contribution in [0.15, 0.2) is 24.3 Å². The molecule has 2 amide bonds. The maximum absolute atomic E-state index is 12.4. The van der Waals surface area contributed by atoms with E-state index in [4.69, 9.17) is 5.73 Å². The Kier molecular flexibility index (Phi) is 2.87. The molecule has 1 aromatic heterocycles. The predicted octanol–water partition coefficient (Wildman–Crippen LogP) is 2.74. The third-order valence-corrected chi connectivity index (χ3v) is 4.70. The van der Waals surface area contributed by atoms with Gasteiger partial charge in [0, 0.05) is 15.4 Å². The molecule has 5 heteroatoms. The van der Waals surface area contributed by atoms with Gasteiger partial charge in [-0.05, 0) is 37.6 Å². The van der Waals surface area contributed by atoms with Crippen LogP contribution in [-0.2, 0) is 6.54 Å². The summed E-state index contributed by atoms with van der Waals surface area (Å²) in [6.07, 6.45) is 0. The second-order valence-corrected chi connectivity index (χ2v) is 6.26. The number of aryl methyl sites for hydroxylation is 2. The summed E-state index contributed by atoms with van der Waals surface area (Å²) in [6.45, 7) is 4.37. The van der Waals surface area contributed by atoms with E-state index in [1.807, 2.05) is 19.9 Å². The van der Waals surface area contributed by atoms with Gasteiger partial charge in [-0.15, -0.1) is 11.3 Å². The molecular weight excluding hydrogens is 272 g/mol. The Morgan fingerprint density at radius 3 is 2.55 bits per heavy atom. The van der Waals surface area contributed by atoms with Gasteiger partial charge in [-0.1, -0.05) is 6.07 Å². The largest absolute Gasteiger partial charge is 0.398 e. The van der Waals surface area contributed by atoms with Crippen LogP contribution in [0.25, 0.3) is 0 Å². The number of thiophene rings is 1. The molecule has 0 spiro atoms. The Morgan fingerprint density at radius 1 is 1.20 bits per heavy atom. The lowest BCUT2D eigenvalue weighted by Gasteiger charge is -2.12. The fourth-order valence-corrected chi connectivity index (χ4v) is 3.43. The predicted molar refractivity (Wildman–Crippen MR) is 78.9 cm³/mol. The van der Waals surface area contributed by atoms with E-state index >= 15 is 0 Å². The van der Waals surface area contributed by atoms with Crippen molar-refractivity contribution in [2.45, 2.75) is 20.4 Å². The Hall–Kier alpha value is -2.14. The van der Waals surface area contributed by atoms with Gasteiger partial charge in [0.05, 0.1) is 17.7 Å². The average Bonchev–Trinajstić information content (AvgIpc) is 2.84. The van der Waals surface area contributed by atoms with Gasteiger partial charge in [0.2, 0.25) is 0 Å². The molecule has 2 N–H and O–H groups in total. The maximum Gasteiger partial charge on any atom is 0.263 e. The van der Waals surface area contributed by atoms with Crippen LogP contribution >= 0.6 is 11.3 Å². The van der Waals surface area contributed by atoms with Gasteiger partial charge in [-0.2, -0.15) is 0 Å². The second kappa shape index (κ2) is 4.45. The van der Waals surface area contributed by atoms with E-state index in [2.05, 4.69) is 0 Å². The van der Waals surface area contributed by atoms with Gasteiger partial charge in [0.15, 0.2) is 0 Å². The van der Waals surface area contributed by atoms with E-state index in [1.165, 1.54) is 15.3 Å². The molecule has 0 bridgehead atoms. The minimum absolute atomic E-state index is 0.263. The van der Waals surface area contributed by atoms with Crippen molar-refractivity contribution in [1.29, 1.82) is 0 Å². The number of carbonyl (C=O) groups is 2. The molecule has 4 nitrogen and oxygen atoms in total. The van der Waals surface area contributed by atoms with Crippen molar-refractivity contribution < 1.29 is 9.59 Å². The zero-order valence-electron chi connectivity index (χ0n) is 11.3.